The topological polar surface area (TPSA) is 73.6 Å². The second kappa shape index (κ2) is 5.32. The van der Waals surface area contributed by atoms with Gasteiger partial charge < -0.3 is 20.5 Å². The number of anilines is 1. The molecule has 3 N–H and O–H groups in total. The van der Waals surface area contributed by atoms with E-state index in [-0.39, 0.29) is 12.0 Å². The van der Waals surface area contributed by atoms with Crippen molar-refractivity contribution in [2.75, 3.05) is 11.9 Å². The molecule has 5 heteroatoms. The van der Waals surface area contributed by atoms with Crippen LogP contribution in [0.5, 0.6) is 11.5 Å². The van der Waals surface area contributed by atoms with Crippen LogP contribution in [0.25, 0.3) is 0 Å². The summed E-state index contributed by atoms with van der Waals surface area (Å²) in [6.07, 6.45) is 1.00. The molecular formula is C15H22N2O3. The van der Waals surface area contributed by atoms with Crippen LogP contribution in [0.1, 0.15) is 33.3 Å². The molecule has 0 saturated heterocycles. The van der Waals surface area contributed by atoms with Gasteiger partial charge in [0.2, 0.25) is 5.91 Å². The molecule has 1 heterocycles. The van der Waals surface area contributed by atoms with Crippen molar-refractivity contribution in [2.45, 2.75) is 45.8 Å². The Morgan fingerprint density at radius 3 is 2.85 bits per heavy atom. The first-order valence-corrected chi connectivity index (χ1v) is 6.88. The molecule has 1 aromatic rings. The lowest BCUT2D eigenvalue weighted by Gasteiger charge is -2.20. The maximum Gasteiger partial charge on any atom is 0.243 e. The predicted molar refractivity (Wildman–Crippen MR) is 78.3 cm³/mol. The summed E-state index contributed by atoms with van der Waals surface area (Å²) >= 11 is 0. The number of ether oxygens (including phenoxy) is 2. The average Bonchev–Trinajstić information content (AvgIpc) is 2.67. The third kappa shape index (κ3) is 3.04. The Balaban J connectivity index is 2.32. The lowest BCUT2D eigenvalue weighted by molar-refractivity contribution is -0.120. The highest BCUT2D eigenvalue weighted by Crippen LogP contribution is 2.38. The van der Waals surface area contributed by atoms with Crippen molar-refractivity contribution in [3.05, 3.63) is 17.7 Å². The van der Waals surface area contributed by atoms with Crippen LogP contribution in [-0.2, 0) is 11.2 Å². The van der Waals surface area contributed by atoms with E-state index < -0.39 is 5.54 Å². The van der Waals surface area contributed by atoms with Gasteiger partial charge in [0.05, 0.1) is 17.8 Å². The quantitative estimate of drug-likeness (QED) is 0.884. The standard InChI is InChI=1S/C15H22N2O3/c1-5-19-13-7-10-6-9(2)20-12(10)8-11(13)17-14(18)15(3,4)16/h7-9H,5-6,16H2,1-4H3,(H,17,18). The maximum atomic E-state index is 12.0. The van der Waals surface area contributed by atoms with Crippen LogP contribution in [0.3, 0.4) is 0 Å². The first-order chi connectivity index (χ1) is 9.31. The van der Waals surface area contributed by atoms with Gasteiger partial charge in [-0.05, 0) is 33.8 Å². The summed E-state index contributed by atoms with van der Waals surface area (Å²) < 4.78 is 11.3. The van der Waals surface area contributed by atoms with E-state index in [4.69, 9.17) is 15.2 Å². The van der Waals surface area contributed by atoms with Crippen molar-refractivity contribution in [2.24, 2.45) is 5.73 Å². The number of fused-ring (bicyclic) bond motifs is 1. The molecule has 2 rings (SSSR count). The molecule has 20 heavy (non-hydrogen) atoms. The highest BCUT2D eigenvalue weighted by atomic mass is 16.5. The van der Waals surface area contributed by atoms with Gasteiger partial charge in [0, 0.05) is 18.1 Å². The van der Waals surface area contributed by atoms with Crippen molar-refractivity contribution in [3.63, 3.8) is 0 Å². The van der Waals surface area contributed by atoms with E-state index in [1.807, 2.05) is 26.0 Å². The molecule has 0 saturated carbocycles. The zero-order chi connectivity index (χ0) is 14.9. The van der Waals surface area contributed by atoms with Gasteiger partial charge in [0.25, 0.3) is 0 Å². The Bertz CT molecular complexity index is 521. The monoisotopic (exact) mass is 278 g/mol. The lowest BCUT2D eigenvalue weighted by Crippen LogP contribution is -2.45. The van der Waals surface area contributed by atoms with Crippen LogP contribution in [0.2, 0.25) is 0 Å². The van der Waals surface area contributed by atoms with Crippen LogP contribution in [0.4, 0.5) is 5.69 Å². The van der Waals surface area contributed by atoms with Gasteiger partial charge in [-0.2, -0.15) is 0 Å². The van der Waals surface area contributed by atoms with Crippen molar-refractivity contribution in [1.82, 2.24) is 0 Å². The molecule has 0 radical (unpaired) electrons. The Morgan fingerprint density at radius 1 is 1.55 bits per heavy atom. The Hall–Kier alpha value is -1.75. The fourth-order valence-corrected chi connectivity index (χ4v) is 2.10. The summed E-state index contributed by atoms with van der Waals surface area (Å²) in [6, 6.07) is 3.74. The van der Waals surface area contributed by atoms with Crippen molar-refractivity contribution in [3.8, 4) is 11.5 Å². The Kier molecular flexibility index (Phi) is 3.90. The minimum absolute atomic E-state index is 0.149. The Labute approximate surface area is 119 Å². The second-order valence-electron chi connectivity index (χ2n) is 5.70. The number of carbonyl (C=O) groups is 1. The van der Waals surface area contributed by atoms with Crippen LogP contribution in [0, 0.1) is 0 Å². The second-order valence-corrected chi connectivity index (χ2v) is 5.70. The van der Waals surface area contributed by atoms with Crippen molar-refractivity contribution in [1.29, 1.82) is 0 Å². The molecule has 5 nitrogen and oxygen atoms in total. The number of hydrogen-bond acceptors (Lipinski definition) is 4. The summed E-state index contributed by atoms with van der Waals surface area (Å²) in [7, 11) is 0. The minimum atomic E-state index is -0.948. The number of nitrogens with two attached hydrogens (primary N) is 1. The van der Waals surface area contributed by atoms with Crippen molar-refractivity contribution >= 4 is 11.6 Å². The largest absolute Gasteiger partial charge is 0.492 e. The highest BCUT2D eigenvalue weighted by molar-refractivity contribution is 5.98. The van der Waals surface area contributed by atoms with E-state index in [1.165, 1.54) is 0 Å². The lowest BCUT2D eigenvalue weighted by atomic mass is 10.1. The molecular weight excluding hydrogens is 256 g/mol. The summed E-state index contributed by atoms with van der Waals surface area (Å²) in [5.41, 5.74) is 6.56. The molecule has 1 aliphatic heterocycles. The fraction of sp³-hybridized carbons (Fsp3) is 0.533. The molecule has 1 amide bonds. The first kappa shape index (κ1) is 14.7. The van der Waals surface area contributed by atoms with E-state index in [1.54, 1.807) is 13.8 Å². The van der Waals surface area contributed by atoms with Crippen LogP contribution < -0.4 is 20.5 Å². The van der Waals surface area contributed by atoms with Crippen LogP contribution in [-0.4, -0.2) is 24.2 Å². The number of nitrogens with one attached hydrogen (secondary N) is 1. The summed E-state index contributed by atoms with van der Waals surface area (Å²) in [5, 5.41) is 2.81. The van der Waals surface area contributed by atoms with Crippen molar-refractivity contribution < 1.29 is 14.3 Å². The average molecular weight is 278 g/mol. The third-order valence-corrected chi connectivity index (χ3v) is 3.13. The van der Waals surface area contributed by atoms with Gasteiger partial charge in [0.1, 0.15) is 17.6 Å². The molecule has 1 aromatic carbocycles. The number of carbonyl (C=O) groups excluding carboxylic acids is 1. The van der Waals surface area contributed by atoms with E-state index in [0.717, 1.165) is 17.7 Å². The smallest absolute Gasteiger partial charge is 0.243 e. The van der Waals surface area contributed by atoms with Crippen LogP contribution >= 0.6 is 0 Å². The Morgan fingerprint density at radius 2 is 2.25 bits per heavy atom. The number of amides is 1. The van der Waals surface area contributed by atoms with E-state index >= 15 is 0 Å². The minimum Gasteiger partial charge on any atom is -0.492 e. The number of rotatable bonds is 4. The van der Waals surface area contributed by atoms with E-state index in [0.29, 0.717) is 18.0 Å². The molecule has 110 valence electrons. The fourth-order valence-electron chi connectivity index (χ4n) is 2.10. The van der Waals surface area contributed by atoms with E-state index in [2.05, 4.69) is 5.32 Å². The summed E-state index contributed by atoms with van der Waals surface area (Å²) in [6.45, 7) is 7.78. The van der Waals surface area contributed by atoms with Gasteiger partial charge in [-0.3, -0.25) is 4.79 Å². The molecule has 0 bridgehead atoms. The molecule has 1 atom stereocenters. The van der Waals surface area contributed by atoms with Gasteiger partial charge in [-0.25, -0.2) is 0 Å². The third-order valence-electron chi connectivity index (χ3n) is 3.13. The first-order valence-electron chi connectivity index (χ1n) is 6.88. The summed E-state index contributed by atoms with van der Waals surface area (Å²) in [4.78, 5) is 12.0. The highest BCUT2D eigenvalue weighted by Gasteiger charge is 2.26. The maximum absolute atomic E-state index is 12.0. The molecule has 1 aliphatic rings. The molecule has 0 aliphatic carbocycles. The normalized spacial score (nSPS) is 17.4. The zero-order valence-corrected chi connectivity index (χ0v) is 12.4. The molecule has 0 aromatic heterocycles. The molecule has 0 spiro atoms. The van der Waals surface area contributed by atoms with Gasteiger partial charge >= 0.3 is 0 Å². The number of hydrogen-bond donors (Lipinski definition) is 2. The zero-order valence-electron chi connectivity index (χ0n) is 12.4. The van der Waals surface area contributed by atoms with Crippen LogP contribution in [0.15, 0.2) is 12.1 Å². The van der Waals surface area contributed by atoms with Gasteiger partial charge in [0.15, 0.2) is 0 Å². The van der Waals surface area contributed by atoms with Gasteiger partial charge in [-0.1, -0.05) is 0 Å². The molecule has 0 fully saturated rings. The SMILES string of the molecule is CCOc1cc2c(cc1NC(=O)C(C)(C)N)OC(C)C2. The van der Waals surface area contributed by atoms with E-state index in [9.17, 15) is 4.79 Å². The summed E-state index contributed by atoms with van der Waals surface area (Å²) in [5.74, 6) is 1.19. The molecule has 1 unspecified atom stereocenters. The number of benzene rings is 1. The van der Waals surface area contributed by atoms with Gasteiger partial charge in [-0.15, -0.1) is 0 Å². The predicted octanol–water partition coefficient (Wildman–Crippen LogP) is 2.08.